The summed E-state index contributed by atoms with van der Waals surface area (Å²) in [6.45, 7) is 11.9. The molecule has 0 amide bonds. The number of allylic oxidation sites excluding steroid dienone is 3. The minimum Gasteiger partial charge on any atom is -0.481 e. The molecule has 2 heterocycles. The zero-order chi connectivity index (χ0) is 24.2. The number of carboxylic acid groups (broad SMARTS) is 1. The van der Waals surface area contributed by atoms with E-state index in [1.54, 1.807) is 14.0 Å². The molecule has 2 rings (SSSR count). The number of hydrogen-bond acceptors (Lipinski definition) is 6. The Bertz CT molecular complexity index is 688. The van der Waals surface area contributed by atoms with E-state index >= 15 is 0 Å². The maximum atomic E-state index is 11.0. The number of methoxy groups -OCH3 is 1. The normalized spacial score (nSPS) is 37.2. The van der Waals surface area contributed by atoms with Gasteiger partial charge in [-0.1, -0.05) is 39.0 Å². The molecule has 2 aliphatic rings. The molecule has 0 aromatic carbocycles. The van der Waals surface area contributed by atoms with Crippen molar-refractivity contribution < 1.29 is 34.3 Å². The highest BCUT2D eigenvalue weighted by molar-refractivity contribution is 5.67. The van der Waals surface area contributed by atoms with E-state index in [1.807, 2.05) is 26.0 Å². The van der Waals surface area contributed by atoms with Crippen LogP contribution >= 0.6 is 0 Å². The van der Waals surface area contributed by atoms with Crippen LogP contribution in [-0.4, -0.2) is 70.6 Å². The number of carboxylic acids is 1. The van der Waals surface area contributed by atoms with Crippen molar-refractivity contribution in [2.75, 3.05) is 7.11 Å². The first kappa shape index (κ1) is 27.0. The third kappa shape index (κ3) is 6.87. The average Bonchev–Trinajstić information content (AvgIpc) is 3.34. The fourth-order valence-corrected chi connectivity index (χ4v) is 5.23. The van der Waals surface area contributed by atoms with Crippen LogP contribution in [0.1, 0.15) is 60.8 Å². The monoisotopic (exact) mass is 454 g/mol. The van der Waals surface area contributed by atoms with Gasteiger partial charge in [0.1, 0.15) is 0 Å². The molecule has 10 atom stereocenters. The molecule has 2 aliphatic heterocycles. The van der Waals surface area contributed by atoms with E-state index in [-0.39, 0.29) is 48.1 Å². The molecular formula is C25H42O7. The molecule has 2 saturated heterocycles. The maximum absolute atomic E-state index is 11.0. The maximum Gasteiger partial charge on any atom is 0.305 e. The Morgan fingerprint density at radius 2 is 1.97 bits per heavy atom. The summed E-state index contributed by atoms with van der Waals surface area (Å²) in [4.78, 5) is 11.0. The second kappa shape index (κ2) is 11.3. The average molecular weight is 455 g/mol. The van der Waals surface area contributed by atoms with Crippen LogP contribution in [0.25, 0.3) is 0 Å². The van der Waals surface area contributed by atoms with Gasteiger partial charge in [0.15, 0.2) is 0 Å². The van der Waals surface area contributed by atoms with Crippen molar-refractivity contribution >= 4 is 5.97 Å². The second-order valence-corrected chi connectivity index (χ2v) is 10.1. The Hall–Kier alpha value is -1.25. The number of ether oxygens (including phenoxy) is 3. The fraction of sp³-hybridized carbons (Fsp3) is 0.800. The third-order valence-corrected chi connectivity index (χ3v) is 6.99. The Morgan fingerprint density at radius 1 is 1.31 bits per heavy atom. The molecule has 3 N–H and O–H groups in total. The van der Waals surface area contributed by atoms with E-state index in [0.29, 0.717) is 6.42 Å². The minimum absolute atomic E-state index is 0.0549. The van der Waals surface area contributed by atoms with Gasteiger partial charge in [0, 0.05) is 25.4 Å². The first-order chi connectivity index (χ1) is 14.9. The van der Waals surface area contributed by atoms with Gasteiger partial charge in [-0.25, -0.2) is 0 Å². The van der Waals surface area contributed by atoms with Crippen molar-refractivity contribution in [1.82, 2.24) is 0 Å². The summed E-state index contributed by atoms with van der Waals surface area (Å²) in [5, 5.41) is 29.3. The van der Waals surface area contributed by atoms with Gasteiger partial charge in [0.25, 0.3) is 0 Å². The molecule has 0 saturated carbocycles. The summed E-state index contributed by atoms with van der Waals surface area (Å²) in [5.74, 6) is -0.632. The molecule has 7 nitrogen and oxygen atoms in total. The van der Waals surface area contributed by atoms with Crippen molar-refractivity contribution in [3.05, 3.63) is 23.8 Å². The Labute approximate surface area is 192 Å². The highest BCUT2D eigenvalue weighted by Crippen LogP contribution is 2.47. The van der Waals surface area contributed by atoms with Crippen molar-refractivity contribution in [3.63, 3.8) is 0 Å². The fourth-order valence-electron chi connectivity index (χ4n) is 5.23. The summed E-state index contributed by atoms with van der Waals surface area (Å²) < 4.78 is 17.5. The van der Waals surface area contributed by atoms with E-state index in [2.05, 4.69) is 26.8 Å². The molecule has 0 aromatic heterocycles. The number of aliphatic hydroxyl groups excluding tert-OH is 2. The predicted molar refractivity (Wildman–Crippen MR) is 122 cm³/mol. The zero-order valence-corrected chi connectivity index (χ0v) is 20.5. The lowest BCUT2D eigenvalue weighted by molar-refractivity contribution is -0.150. The molecular weight excluding hydrogens is 412 g/mol. The molecule has 0 radical (unpaired) electrons. The van der Waals surface area contributed by atoms with Crippen molar-refractivity contribution in [2.24, 2.45) is 17.8 Å². The van der Waals surface area contributed by atoms with Crippen LogP contribution in [0.2, 0.25) is 0 Å². The van der Waals surface area contributed by atoms with Crippen LogP contribution in [0, 0.1) is 17.8 Å². The van der Waals surface area contributed by atoms with E-state index in [9.17, 15) is 15.0 Å². The third-order valence-electron chi connectivity index (χ3n) is 6.99. The number of carbonyl (C=O) groups is 1. The van der Waals surface area contributed by atoms with Gasteiger partial charge in [-0.05, 0) is 38.7 Å². The molecule has 0 bridgehead atoms. The molecule has 0 aromatic rings. The smallest absolute Gasteiger partial charge is 0.305 e. The van der Waals surface area contributed by atoms with Gasteiger partial charge in [-0.15, -0.1) is 0 Å². The Balaban J connectivity index is 1.93. The lowest BCUT2D eigenvalue weighted by Crippen LogP contribution is -2.44. The van der Waals surface area contributed by atoms with Crippen molar-refractivity contribution in [3.8, 4) is 0 Å². The zero-order valence-electron chi connectivity index (χ0n) is 20.5. The topological polar surface area (TPSA) is 109 Å². The lowest BCUT2D eigenvalue weighted by atomic mass is 9.85. The predicted octanol–water partition coefficient (Wildman–Crippen LogP) is 3.33. The first-order valence-electron chi connectivity index (χ1n) is 11.7. The van der Waals surface area contributed by atoms with Crippen LogP contribution in [0.15, 0.2) is 23.8 Å². The largest absolute Gasteiger partial charge is 0.481 e. The standard InChI is InChI=1S/C25H42O7/c1-14(13-25(6)24(32-25)17(4)23(30-7)18(5)26)9-8-10-15(2)22-16(3)20(27)11-19(31-22)12-21(28)29/h8-10,14,16-20,22-24,26-27H,11-13H2,1-7H3,(H,28,29)/b9-8+,15-10+/t14-,16+,17-,18-,19-,20+,22-,23-,24-,25-/m1/s1. The van der Waals surface area contributed by atoms with Gasteiger partial charge >= 0.3 is 5.97 Å². The summed E-state index contributed by atoms with van der Waals surface area (Å²) in [6, 6.07) is 0. The van der Waals surface area contributed by atoms with Crippen LogP contribution in [0.4, 0.5) is 0 Å². The summed E-state index contributed by atoms with van der Waals surface area (Å²) in [7, 11) is 1.62. The second-order valence-electron chi connectivity index (χ2n) is 10.1. The van der Waals surface area contributed by atoms with Crippen LogP contribution in [0.5, 0.6) is 0 Å². The molecule has 0 unspecified atom stereocenters. The summed E-state index contributed by atoms with van der Waals surface area (Å²) >= 11 is 0. The van der Waals surface area contributed by atoms with E-state index in [0.717, 1.165) is 12.0 Å². The highest BCUT2D eigenvalue weighted by Gasteiger charge is 2.56. The van der Waals surface area contributed by atoms with Crippen LogP contribution in [0.3, 0.4) is 0 Å². The molecule has 32 heavy (non-hydrogen) atoms. The van der Waals surface area contributed by atoms with Gasteiger partial charge in [0.05, 0.1) is 48.6 Å². The summed E-state index contributed by atoms with van der Waals surface area (Å²) in [5.41, 5.74) is 0.735. The van der Waals surface area contributed by atoms with Gasteiger partial charge in [0.2, 0.25) is 0 Å². The quantitative estimate of drug-likeness (QED) is 0.324. The molecule has 0 spiro atoms. The van der Waals surface area contributed by atoms with Gasteiger partial charge in [-0.2, -0.15) is 0 Å². The Kier molecular flexibility index (Phi) is 9.49. The number of epoxide rings is 1. The lowest BCUT2D eigenvalue weighted by Gasteiger charge is -2.38. The Morgan fingerprint density at radius 3 is 2.53 bits per heavy atom. The number of rotatable bonds is 11. The van der Waals surface area contributed by atoms with Crippen LogP contribution < -0.4 is 0 Å². The molecule has 2 fully saturated rings. The first-order valence-corrected chi connectivity index (χ1v) is 11.7. The number of hydrogen-bond donors (Lipinski definition) is 3. The number of aliphatic carboxylic acids is 1. The van der Waals surface area contributed by atoms with Crippen LogP contribution in [-0.2, 0) is 19.0 Å². The van der Waals surface area contributed by atoms with Crippen molar-refractivity contribution in [2.45, 2.75) is 103 Å². The van der Waals surface area contributed by atoms with E-state index in [1.165, 1.54) is 0 Å². The van der Waals surface area contributed by atoms with Crippen molar-refractivity contribution in [1.29, 1.82) is 0 Å². The minimum atomic E-state index is -0.917. The van der Waals surface area contributed by atoms with E-state index in [4.69, 9.17) is 19.3 Å². The highest BCUT2D eigenvalue weighted by atomic mass is 16.6. The molecule has 0 aliphatic carbocycles. The molecule has 7 heteroatoms. The van der Waals surface area contributed by atoms with Gasteiger partial charge in [-0.3, -0.25) is 4.79 Å². The van der Waals surface area contributed by atoms with E-state index < -0.39 is 24.3 Å². The molecule has 184 valence electrons. The summed E-state index contributed by atoms with van der Waals surface area (Å²) in [6.07, 6.45) is 5.12. The SMILES string of the molecule is CO[C@H]([C@@H](C)[C@H]1O[C@]1(C)C[C@H](C)/C=C/C=C(\C)[C@H]1O[C@@H](CC(=O)O)C[C@H](O)[C@@H]1C)[C@@H](C)O. The number of aliphatic hydroxyl groups is 2. The van der Waals surface area contributed by atoms with Gasteiger partial charge < -0.3 is 29.5 Å².